The molecule has 0 bridgehead atoms. The molecule has 0 radical (unpaired) electrons. The Kier molecular flexibility index (Phi) is 10.0. The van der Waals surface area contributed by atoms with Gasteiger partial charge in [0.2, 0.25) is 0 Å². The van der Waals surface area contributed by atoms with Crippen LogP contribution >= 0.6 is 0 Å². The number of rotatable bonds is 11. The molecule has 1 aliphatic carbocycles. The number of hydrogen-bond donors (Lipinski definition) is 1. The van der Waals surface area contributed by atoms with Crippen LogP contribution in [0.1, 0.15) is 149 Å². The van der Waals surface area contributed by atoms with Gasteiger partial charge in [-0.05, 0) is 127 Å². The van der Waals surface area contributed by atoms with Crippen LogP contribution in [0.15, 0.2) is 59.6 Å². The first-order valence-electron chi connectivity index (χ1n) is 17.5. The van der Waals surface area contributed by atoms with Crippen LogP contribution in [-0.4, -0.2) is 29.6 Å². The fourth-order valence-corrected chi connectivity index (χ4v) is 7.58. The van der Waals surface area contributed by atoms with Crippen LogP contribution in [0.4, 0.5) is 5.69 Å². The van der Waals surface area contributed by atoms with Crippen molar-refractivity contribution in [1.82, 2.24) is 4.90 Å². The molecule has 0 spiro atoms. The van der Waals surface area contributed by atoms with Crippen molar-refractivity contribution in [3.8, 4) is 11.1 Å². The lowest BCUT2D eigenvalue weighted by Crippen LogP contribution is -2.41. The van der Waals surface area contributed by atoms with Crippen LogP contribution in [-0.2, 0) is 5.54 Å². The van der Waals surface area contributed by atoms with E-state index in [1.54, 1.807) is 0 Å². The minimum Gasteiger partial charge on any atom is -0.333 e. The Balaban J connectivity index is 1.48. The molecule has 4 heteroatoms. The van der Waals surface area contributed by atoms with Gasteiger partial charge in [0.1, 0.15) is 0 Å². The molecule has 2 N–H and O–H groups in total. The molecule has 4 atom stereocenters. The van der Waals surface area contributed by atoms with Gasteiger partial charge < -0.3 is 10.6 Å². The van der Waals surface area contributed by atoms with Gasteiger partial charge >= 0.3 is 0 Å². The second-order valence-corrected chi connectivity index (χ2v) is 14.3. The summed E-state index contributed by atoms with van der Waals surface area (Å²) < 4.78 is 0. The maximum atomic E-state index is 13.9. The van der Waals surface area contributed by atoms with Crippen molar-refractivity contribution in [1.29, 1.82) is 0 Å². The molecule has 2 aliphatic rings. The van der Waals surface area contributed by atoms with Gasteiger partial charge in [-0.3, -0.25) is 9.79 Å². The summed E-state index contributed by atoms with van der Waals surface area (Å²) in [7, 11) is 1.98. The molecule has 3 unspecified atom stereocenters. The molecule has 1 amide bonds. The zero-order chi connectivity index (χ0) is 32.5. The molecule has 3 aromatic rings. The van der Waals surface area contributed by atoms with E-state index in [1.165, 1.54) is 46.2 Å². The topological polar surface area (TPSA) is 58.7 Å². The van der Waals surface area contributed by atoms with Crippen LogP contribution in [0.5, 0.6) is 0 Å². The molecule has 1 aliphatic heterocycles. The first kappa shape index (κ1) is 33.1. The highest BCUT2D eigenvalue weighted by Gasteiger charge is 2.37. The Morgan fingerprint density at radius 3 is 2.40 bits per heavy atom. The summed E-state index contributed by atoms with van der Waals surface area (Å²) in [6.45, 7) is 15.6. The summed E-state index contributed by atoms with van der Waals surface area (Å²) in [5.41, 5.74) is 18.4. The number of aryl methyl sites for hydroxylation is 1. The summed E-state index contributed by atoms with van der Waals surface area (Å²) in [5.74, 6) is 1.49. The van der Waals surface area contributed by atoms with Crippen LogP contribution < -0.4 is 5.73 Å². The minimum atomic E-state index is -0.332. The monoisotopic (exact) mass is 605 g/mol. The molecule has 45 heavy (non-hydrogen) atoms. The van der Waals surface area contributed by atoms with E-state index in [0.29, 0.717) is 17.8 Å². The third kappa shape index (κ3) is 6.82. The number of carbonyl (C=O) groups is 1. The number of nitrogens with zero attached hydrogens (tertiary/aromatic N) is 2. The lowest BCUT2D eigenvalue weighted by atomic mass is 9.80. The van der Waals surface area contributed by atoms with E-state index in [4.69, 9.17) is 10.7 Å². The predicted molar refractivity (Wildman–Crippen MR) is 191 cm³/mol. The fourth-order valence-electron chi connectivity index (χ4n) is 7.58. The number of benzene rings is 3. The number of fused-ring (bicyclic) bond motifs is 1. The normalized spacial score (nSPS) is 20.9. The second kappa shape index (κ2) is 13.6. The molecule has 1 saturated carbocycles. The molecule has 1 fully saturated rings. The largest absolute Gasteiger partial charge is 0.333 e. The molecule has 3 aromatic carbocycles. The molecular weight excluding hydrogens is 550 g/mol. The smallest absolute Gasteiger partial charge is 0.254 e. The number of nitrogens with two attached hydrogens (primary N) is 1. The Bertz CT molecular complexity index is 1560. The maximum absolute atomic E-state index is 13.9. The van der Waals surface area contributed by atoms with Gasteiger partial charge in [-0.2, -0.15) is 0 Å². The van der Waals surface area contributed by atoms with Crippen molar-refractivity contribution in [2.75, 3.05) is 7.05 Å². The highest BCUT2D eigenvalue weighted by atomic mass is 16.2. The quantitative estimate of drug-likeness (QED) is 0.221. The van der Waals surface area contributed by atoms with E-state index in [-0.39, 0.29) is 17.5 Å². The van der Waals surface area contributed by atoms with Crippen molar-refractivity contribution in [3.63, 3.8) is 0 Å². The SMILES string of the molecule is CCCC(=Nc1ccc(-c2ccc([C@](C)(N)CCC)c(C(C)CC)c2)cc1C)C1CC(C)c2c(cccc2C2CC2)C(=O)N1C. The van der Waals surface area contributed by atoms with Crippen LogP contribution in [0.3, 0.4) is 0 Å². The van der Waals surface area contributed by atoms with Crippen LogP contribution in [0.25, 0.3) is 11.1 Å². The summed E-state index contributed by atoms with van der Waals surface area (Å²) >= 11 is 0. The first-order valence-corrected chi connectivity index (χ1v) is 17.5. The summed E-state index contributed by atoms with van der Waals surface area (Å²) in [6, 6.07) is 19.9. The van der Waals surface area contributed by atoms with E-state index < -0.39 is 0 Å². The first-order chi connectivity index (χ1) is 21.5. The van der Waals surface area contributed by atoms with Crippen LogP contribution in [0, 0.1) is 6.92 Å². The summed E-state index contributed by atoms with van der Waals surface area (Å²) in [5, 5.41) is 0. The number of amides is 1. The van der Waals surface area contributed by atoms with Crippen molar-refractivity contribution < 1.29 is 4.79 Å². The van der Waals surface area contributed by atoms with Crippen LogP contribution in [0.2, 0.25) is 0 Å². The zero-order valence-electron chi connectivity index (χ0n) is 29.0. The second-order valence-electron chi connectivity index (χ2n) is 14.3. The average Bonchev–Trinajstić information content (AvgIpc) is 3.88. The third-order valence-electron chi connectivity index (χ3n) is 10.5. The lowest BCUT2D eigenvalue weighted by Gasteiger charge is -2.30. The zero-order valence-corrected chi connectivity index (χ0v) is 29.0. The standard InChI is InChI=1S/C41H55N3O/c1-9-13-37(38-24-28(6)39-32(29-16-17-29)14-12-15-33(39)40(45)44(38)8)43-36-21-19-30(23-27(36)5)31-18-20-35(41(7,42)22-10-2)34(25-31)26(4)11-3/h12,14-15,18-21,23,25-26,28-29,38H,9-11,13,16-17,22,24,42H2,1-8H3/t26?,28?,38?,41-/m1/s1. The highest BCUT2D eigenvalue weighted by Crippen LogP contribution is 2.46. The summed E-state index contributed by atoms with van der Waals surface area (Å²) in [6.07, 6.45) is 8.35. The number of hydrogen-bond acceptors (Lipinski definition) is 3. The highest BCUT2D eigenvalue weighted by molar-refractivity contribution is 6.02. The van der Waals surface area contributed by atoms with Crippen molar-refractivity contribution >= 4 is 17.3 Å². The van der Waals surface area contributed by atoms with Gasteiger partial charge in [-0.25, -0.2) is 0 Å². The molecule has 240 valence electrons. The third-order valence-corrected chi connectivity index (χ3v) is 10.5. The van der Waals surface area contributed by atoms with E-state index in [0.717, 1.165) is 61.1 Å². The minimum absolute atomic E-state index is 0.0229. The lowest BCUT2D eigenvalue weighted by molar-refractivity contribution is 0.0771. The summed E-state index contributed by atoms with van der Waals surface area (Å²) in [4.78, 5) is 21.2. The van der Waals surface area contributed by atoms with Crippen molar-refractivity contribution in [3.05, 3.63) is 88.0 Å². The van der Waals surface area contributed by atoms with E-state index in [2.05, 4.69) is 97.0 Å². The number of carbonyl (C=O) groups excluding carboxylic acids is 1. The Labute approximate surface area is 272 Å². The molecule has 5 rings (SSSR count). The van der Waals surface area contributed by atoms with Crippen molar-refractivity contribution in [2.24, 2.45) is 10.7 Å². The predicted octanol–water partition coefficient (Wildman–Crippen LogP) is 10.5. The van der Waals surface area contributed by atoms with E-state index in [9.17, 15) is 4.79 Å². The van der Waals surface area contributed by atoms with E-state index in [1.807, 2.05) is 18.0 Å². The van der Waals surface area contributed by atoms with Gasteiger partial charge in [0.05, 0.1) is 11.7 Å². The van der Waals surface area contributed by atoms with E-state index >= 15 is 0 Å². The van der Waals surface area contributed by atoms with Gasteiger partial charge in [0, 0.05) is 23.9 Å². The molecule has 4 nitrogen and oxygen atoms in total. The van der Waals surface area contributed by atoms with Gasteiger partial charge in [-0.1, -0.05) is 83.9 Å². The molecule has 0 aromatic heterocycles. The molecule has 1 heterocycles. The van der Waals surface area contributed by atoms with Gasteiger partial charge in [0.25, 0.3) is 5.91 Å². The fraction of sp³-hybridized carbons (Fsp3) is 0.512. The Morgan fingerprint density at radius 2 is 1.76 bits per heavy atom. The van der Waals surface area contributed by atoms with Gasteiger partial charge in [0.15, 0.2) is 0 Å². The molecule has 0 saturated heterocycles. The van der Waals surface area contributed by atoms with Gasteiger partial charge in [-0.15, -0.1) is 0 Å². The Hall–Kier alpha value is -3.24. The number of aliphatic imine (C=N–C) groups is 1. The Morgan fingerprint density at radius 1 is 1.04 bits per heavy atom. The average molecular weight is 606 g/mol. The molecular formula is C41H55N3O. The maximum Gasteiger partial charge on any atom is 0.254 e. The van der Waals surface area contributed by atoms with Crippen molar-refractivity contribution in [2.45, 2.75) is 129 Å².